The predicted octanol–water partition coefficient (Wildman–Crippen LogP) is 4.04. The van der Waals surface area contributed by atoms with Gasteiger partial charge in [0.25, 0.3) is 0 Å². The molecule has 4 nitrogen and oxygen atoms in total. The van der Waals surface area contributed by atoms with Gasteiger partial charge in [0.15, 0.2) is 0 Å². The van der Waals surface area contributed by atoms with Crippen molar-refractivity contribution in [3.05, 3.63) is 94.3 Å². The summed E-state index contributed by atoms with van der Waals surface area (Å²) in [6.07, 6.45) is 5.08. The minimum Gasteiger partial charge on any atom is -0.330 e. The summed E-state index contributed by atoms with van der Waals surface area (Å²) in [4.78, 5) is 15.6. The summed E-state index contributed by atoms with van der Waals surface area (Å²) in [5, 5.41) is 3.39. The first-order chi connectivity index (χ1) is 15.9. The number of halogens is 1. The first kappa shape index (κ1) is 23.0. The molecular weight excluding hydrogens is 413 g/mol. The third kappa shape index (κ3) is 5.24. The fourth-order valence-electron chi connectivity index (χ4n) is 4.38. The minimum absolute atomic E-state index is 0.0326. The van der Waals surface area contributed by atoms with Gasteiger partial charge >= 0.3 is 0 Å². The summed E-state index contributed by atoms with van der Waals surface area (Å²) in [5.41, 5.74) is 10.8. The molecule has 170 valence electrons. The number of nitrogens with one attached hydrogen (secondary N) is 1. The molecule has 0 radical (unpaired) electrons. The van der Waals surface area contributed by atoms with Crippen LogP contribution in [-0.4, -0.2) is 29.4 Å². The summed E-state index contributed by atoms with van der Waals surface area (Å²) in [7, 11) is 0. The average Bonchev–Trinajstić information content (AvgIpc) is 3.07. The number of carbonyl (C=O) groups is 1. The second-order valence-corrected chi connectivity index (χ2v) is 8.78. The number of amides is 1. The standard InChI is InChI=1S/C28H30FN3O/c1-19(30)22-11-7-8-21(14-15-22)18-32(20(2)25-12-5-6-13-26(25)29)28(33)27-16-23-9-3-4-10-24(23)17-31-27/h3-6,9-10,12-15,19-20,27,31H,8,16-18,30H2,1-2H3/t19-,20-,27?/m1/s1. The zero-order valence-electron chi connectivity index (χ0n) is 19.1. The van der Waals surface area contributed by atoms with Crippen LogP contribution >= 0.6 is 0 Å². The lowest BCUT2D eigenvalue weighted by molar-refractivity contribution is -0.135. The van der Waals surface area contributed by atoms with Crippen LogP contribution in [0.15, 0.2) is 71.8 Å². The largest absolute Gasteiger partial charge is 0.330 e. The van der Waals surface area contributed by atoms with Crippen LogP contribution in [-0.2, 0) is 17.8 Å². The second-order valence-electron chi connectivity index (χ2n) is 8.78. The SMILES string of the molecule is C[C@H](c1ccccc1F)N(CC1=CC=C([C@@H](C)N)C#CC1)C(=O)C1Cc2ccccc2CN1. The van der Waals surface area contributed by atoms with Crippen molar-refractivity contribution >= 4 is 5.91 Å². The van der Waals surface area contributed by atoms with Crippen molar-refractivity contribution in [3.8, 4) is 11.8 Å². The van der Waals surface area contributed by atoms with E-state index in [2.05, 4.69) is 29.3 Å². The van der Waals surface area contributed by atoms with Crippen LogP contribution in [0, 0.1) is 17.7 Å². The Balaban J connectivity index is 1.63. The first-order valence-electron chi connectivity index (χ1n) is 11.4. The highest BCUT2D eigenvalue weighted by Gasteiger charge is 2.32. The Morgan fingerprint density at radius 2 is 1.88 bits per heavy atom. The van der Waals surface area contributed by atoms with Crippen LogP contribution in [0.4, 0.5) is 4.39 Å². The second kappa shape index (κ2) is 10.2. The van der Waals surface area contributed by atoms with Gasteiger partial charge in [-0.05, 0) is 49.1 Å². The summed E-state index contributed by atoms with van der Waals surface area (Å²) in [6.45, 7) is 4.82. The van der Waals surface area contributed by atoms with Gasteiger partial charge in [0.1, 0.15) is 5.82 Å². The van der Waals surface area contributed by atoms with Crippen LogP contribution in [0.25, 0.3) is 0 Å². The molecule has 2 aliphatic rings. The molecule has 3 N–H and O–H groups in total. The zero-order valence-corrected chi connectivity index (χ0v) is 19.1. The minimum atomic E-state index is -0.424. The molecule has 2 aromatic rings. The van der Waals surface area contributed by atoms with Crippen molar-refractivity contribution < 1.29 is 9.18 Å². The number of rotatable bonds is 6. The Morgan fingerprint density at radius 1 is 1.15 bits per heavy atom. The van der Waals surface area contributed by atoms with Crippen LogP contribution < -0.4 is 11.1 Å². The van der Waals surface area contributed by atoms with Crippen LogP contribution in [0.3, 0.4) is 0 Å². The maximum atomic E-state index is 14.7. The Bertz CT molecular complexity index is 1150. The van der Waals surface area contributed by atoms with Gasteiger partial charge in [-0.1, -0.05) is 60.4 Å². The van der Waals surface area contributed by atoms with Gasteiger partial charge in [0.2, 0.25) is 5.91 Å². The molecule has 1 unspecified atom stereocenters. The molecule has 1 heterocycles. The number of benzene rings is 2. The average molecular weight is 444 g/mol. The third-order valence-electron chi connectivity index (χ3n) is 6.40. The van der Waals surface area contributed by atoms with Crippen molar-refractivity contribution in [1.82, 2.24) is 10.2 Å². The number of nitrogens with two attached hydrogens (primary N) is 1. The van der Waals surface area contributed by atoms with E-state index >= 15 is 0 Å². The highest BCUT2D eigenvalue weighted by atomic mass is 19.1. The highest BCUT2D eigenvalue weighted by molar-refractivity contribution is 5.83. The van der Waals surface area contributed by atoms with E-state index in [1.165, 1.54) is 17.2 Å². The molecule has 1 aliphatic carbocycles. The number of fused-ring (bicyclic) bond motifs is 1. The fourth-order valence-corrected chi connectivity index (χ4v) is 4.38. The van der Waals surface area contributed by atoms with Crippen LogP contribution in [0.1, 0.15) is 43.0 Å². The van der Waals surface area contributed by atoms with E-state index in [1.54, 1.807) is 23.1 Å². The topological polar surface area (TPSA) is 58.4 Å². The van der Waals surface area contributed by atoms with Crippen molar-refractivity contribution in [2.75, 3.05) is 6.54 Å². The lowest BCUT2D eigenvalue weighted by Crippen LogP contribution is -2.50. The molecule has 0 bridgehead atoms. The lowest BCUT2D eigenvalue weighted by Gasteiger charge is -2.35. The van der Waals surface area contributed by atoms with E-state index < -0.39 is 6.04 Å². The van der Waals surface area contributed by atoms with Gasteiger partial charge in [-0.3, -0.25) is 4.79 Å². The summed E-state index contributed by atoms with van der Waals surface area (Å²) < 4.78 is 14.7. The van der Waals surface area contributed by atoms with Crippen molar-refractivity contribution in [2.45, 2.75) is 51.4 Å². The number of hydrogen-bond donors (Lipinski definition) is 2. The molecule has 0 saturated carbocycles. The number of carbonyl (C=O) groups excluding carboxylic acids is 1. The Hall–Kier alpha value is -3.20. The monoisotopic (exact) mass is 443 g/mol. The molecular formula is C28H30FN3O. The van der Waals surface area contributed by atoms with Gasteiger partial charge in [0, 0.05) is 36.7 Å². The van der Waals surface area contributed by atoms with E-state index in [1.807, 2.05) is 38.1 Å². The Kier molecular flexibility index (Phi) is 7.08. The fraction of sp³-hybridized carbons (Fsp3) is 0.321. The molecule has 3 atom stereocenters. The van der Waals surface area contributed by atoms with E-state index in [9.17, 15) is 9.18 Å². The summed E-state index contributed by atoms with van der Waals surface area (Å²) in [5.74, 6) is 5.94. The predicted molar refractivity (Wildman–Crippen MR) is 130 cm³/mol. The van der Waals surface area contributed by atoms with Crippen LogP contribution in [0.5, 0.6) is 0 Å². The van der Waals surface area contributed by atoms with Gasteiger partial charge in [-0.25, -0.2) is 4.39 Å². The smallest absolute Gasteiger partial charge is 0.240 e. The molecule has 33 heavy (non-hydrogen) atoms. The number of nitrogens with zero attached hydrogens (tertiary/aromatic N) is 1. The van der Waals surface area contributed by atoms with Crippen molar-refractivity contribution in [1.29, 1.82) is 0 Å². The quantitative estimate of drug-likeness (QED) is 0.663. The van der Waals surface area contributed by atoms with E-state index in [0.29, 0.717) is 31.5 Å². The summed E-state index contributed by atoms with van der Waals surface area (Å²) >= 11 is 0. The molecule has 0 spiro atoms. The molecule has 2 aromatic carbocycles. The summed E-state index contributed by atoms with van der Waals surface area (Å²) in [6, 6.07) is 13.9. The van der Waals surface area contributed by atoms with Crippen molar-refractivity contribution in [3.63, 3.8) is 0 Å². The molecule has 4 rings (SSSR count). The Morgan fingerprint density at radius 3 is 2.64 bits per heavy atom. The first-order valence-corrected chi connectivity index (χ1v) is 11.4. The van der Waals surface area contributed by atoms with E-state index in [4.69, 9.17) is 5.73 Å². The Labute approximate surface area is 195 Å². The lowest BCUT2D eigenvalue weighted by atomic mass is 9.94. The maximum absolute atomic E-state index is 14.7. The van der Waals surface area contributed by atoms with E-state index in [-0.39, 0.29) is 23.8 Å². The van der Waals surface area contributed by atoms with Gasteiger partial charge in [-0.2, -0.15) is 0 Å². The van der Waals surface area contributed by atoms with Gasteiger partial charge in [-0.15, -0.1) is 0 Å². The normalized spacial score (nSPS) is 19.1. The van der Waals surface area contributed by atoms with E-state index in [0.717, 1.165) is 11.1 Å². The third-order valence-corrected chi connectivity index (χ3v) is 6.40. The molecule has 1 amide bonds. The number of hydrogen-bond acceptors (Lipinski definition) is 3. The molecule has 1 aliphatic heterocycles. The van der Waals surface area contributed by atoms with Crippen LogP contribution in [0.2, 0.25) is 0 Å². The van der Waals surface area contributed by atoms with Crippen molar-refractivity contribution in [2.24, 2.45) is 5.73 Å². The van der Waals surface area contributed by atoms with Gasteiger partial charge in [0.05, 0.1) is 12.1 Å². The maximum Gasteiger partial charge on any atom is 0.240 e. The highest BCUT2D eigenvalue weighted by Crippen LogP contribution is 2.27. The zero-order chi connectivity index (χ0) is 23.4. The molecule has 0 fully saturated rings. The molecule has 0 aromatic heterocycles. The van der Waals surface area contributed by atoms with Gasteiger partial charge < -0.3 is 16.0 Å². The molecule has 0 saturated heterocycles. The molecule has 5 heteroatoms. The number of allylic oxidation sites excluding steroid dienone is 2.